The van der Waals surface area contributed by atoms with E-state index in [0.717, 1.165) is 24.9 Å². The lowest BCUT2D eigenvalue weighted by atomic mass is 9.79. The number of anilines is 1. The van der Waals surface area contributed by atoms with E-state index in [9.17, 15) is 14.7 Å². The number of nitrogens with one attached hydrogen (secondary N) is 2. The van der Waals surface area contributed by atoms with Gasteiger partial charge in [0.1, 0.15) is 0 Å². The van der Waals surface area contributed by atoms with E-state index in [-0.39, 0.29) is 17.9 Å². The van der Waals surface area contributed by atoms with Crippen LogP contribution in [0.25, 0.3) is 0 Å². The van der Waals surface area contributed by atoms with Crippen molar-refractivity contribution in [1.82, 2.24) is 5.32 Å². The number of amides is 2. The van der Waals surface area contributed by atoms with Crippen molar-refractivity contribution in [1.29, 1.82) is 0 Å². The maximum absolute atomic E-state index is 11.8. The Kier molecular flexibility index (Phi) is 4.98. The van der Waals surface area contributed by atoms with Crippen LogP contribution in [0, 0.1) is 11.8 Å². The first-order valence-corrected chi connectivity index (χ1v) is 6.99. The molecule has 0 radical (unpaired) electrons. The maximum Gasteiger partial charge on any atom is 0.319 e. The molecule has 3 N–H and O–H groups in total. The van der Waals surface area contributed by atoms with Crippen LogP contribution in [-0.2, 0) is 4.79 Å². The van der Waals surface area contributed by atoms with Gasteiger partial charge in [-0.15, -0.1) is 0 Å². The summed E-state index contributed by atoms with van der Waals surface area (Å²) in [5.41, 5.74) is 0.725. The highest BCUT2D eigenvalue weighted by Crippen LogP contribution is 2.29. The summed E-state index contributed by atoms with van der Waals surface area (Å²) in [6.45, 7) is 0.412. The van der Waals surface area contributed by atoms with Crippen LogP contribution in [0.3, 0.4) is 0 Å². The molecule has 1 saturated carbocycles. The van der Waals surface area contributed by atoms with Gasteiger partial charge in [0.05, 0.1) is 5.92 Å². The van der Waals surface area contributed by atoms with Crippen LogP contribution in [0.1, 0.15) is 25.7 Å². The van der Waals surface area contributed by atoms with Gasteiger partial charge in [-0.2, -0.15) is 0 Å². The van der Waals surface area contributed by atoms with E-state index in [1.54, 1.807) is 12.1 Å². The minimum atomic E-state index is -0.750. The minimum absolute atomic E-state index is 0.0303. The van der Waals surface area contributed by atoms with Crippen molar-refractivity contribution in [3.8, 4) is 0 Å². The number of rotatable bonds is 4. The normalized spacial score (nSPS) is 22.0. The maximum atomic E-state index is 11.8. The predicted molar refractivity (Wildman–Crippen MR) is 76.5 cm³/mol. The zero-order chi connectivity index (χ0) is 14.4. The van der Waals surface area contributed by atoms with Crippen LogP contribution >= 0.6 is 0 Å². The smallest absolute Gasteiger partial charge is 0.319 e. The lowest BCUT2D eigenvalue weighted by molar-refractivity contribution is -0.144. The number of carboxylic acid groups (broad SMARTS) is 1. The summed E-state index contributed by atoms with van der Waals surface area (Å²) in [6, 6.07) is 8.89. The van der Waals surface area contributed by atoms with Gasteiger partial charge in [-0.25, -0.2) is 4.79 Å². The van der Waals surface area contributed by atoms with Gasteiger partial charge in [-0.05, 0) is 30.9 Å². The molecule has 2 amide bonds. The van der Waals surface area contributed by atoms with Crippen LogP contribution in [0.5, 0.6) is 0 Å². The number of carbonyl (C=O) groups excluding carboxylic acids is 1. The second kappa shape index (κ2) is 6.93. The molecule has 0 aliphatic heterocycles. The number of carbonyl (C=O) groups is 2. The molecule has 20 heavy (non-hydrogen) atoms. The third-order valence-electron chi connectivity index (χ3n) is 3.78. The van der Waals surface area contributed by atoms with E-state index in [2.05, 4.69) is 10.6 Å². The predicted octanol–water partition coefficient (Wildman–Crippen LogP) is 2.70. The number of para-hydroxylation sites is 1. The summed E-state index contributed by atoms with van der Waals surface area (Å²) in [6.07, 6.45) is 3.57. The van der Waals surface area contributed by atoms with Crippen molar-refractivity contribution in [2.75, 3.05) is 11.9 Å². The lowest BCUT2D eigenvalue weighted by Crippen LogP contribution is -2.38. The molecule has 1 aromatic rings. The van der Waals surface area contributed by atoms with E-state index >= 15 is 0 Å². The molecular weight excluding hydrogens is 256 g/mol. The van der Waals surface area contributed by atoms with Crippen molar-refractivity contribution in [2.24, 2.45) is 11.8 Å². The summed E-state index contributed by atoms with van der Waals surface area (Å²) in [5.74, 6) is -1.05. The second-order valence-corrected chi connectivity index (χ2v) is 5.19. The molecule has 5 heteroatoms. The number of hydrogen-bond donors (Lipinski definition) is 3. The molecule has 5 nitrogen and oxygen atoms in total. The summed E-state index contributed by atoms with van der Waals surface area (Å²) in [4.78, 5) is 22.9. The van der Waals surface area contributed by atoms with Crippen LogP contribution < -0.4 is 10.6 Å². The molecule has 2 unspecified atom stereocenters. The Morgan fingerprint density at radius 2 is 1.85 bits per heavy atom. The van der Waals surface area contributed by atoms with Crippen molar-refractivity contribution in [3.05, 3.63) is 30.3 Å². The fourth-order valence-electron chi connectivity index (χ4n) is 2.70. The lowest BCUT2D eigenvalue weighted by Gasteiger charge is -2.28. The molecule has 1 aromatic carbocycles. The van der Waals surface area contributed by atoms with Gasteiger partial charge in [-0.3, -0.25) is 4.79 Å². The topological polar surface area (TPSA) is 78.4 Å². The zero-order valence-electron chi connectivity index (χ0n) is 11.3. The Hall–Kier alpha value is -2.04. The van der Waals surface area contributed by atoms with Crippen molar-refractivity contribution in [2.45, 2.75) is 25.7 Å². The Morgan fingerprint density at radius 1 is 1.15 bits per heavy atom. The first-order chi connectivity index (χ1) is 9.66. The average molecular weight is 276 g/mol. The van der Waals surface area contributed by atoms with E-state index in [4.69, 9.17) is 0 Å². The summed E-state index contributed by atoms with van der Waals surface area (Å²) < 4.78 is 0. The van der Waals surface area contributed by atoms with E-state index < -0.39 is 5.97 Å². The molecule has 0 saturated heterocycles. The van der Waals surface area contributed by atoms with Gasteiger partial charge in [0, 0.05) is 12.2 Å². The molecule has 0 aromatic heterocycles. The van der Waals surface area contributed by atoms with Crippen LogP contribution in [0.15, 0.2) is 30.3 Å². The minimum Gasteiger partial charge on any atom is -0.481 e. The molecule has 108 valence electrons. The monoisotopic (exact) mass is 276 g/mol. The third-order valence-corrected chi connectivity index (χ3v) is 3.78. The largest absolute Gasteiger partial charge is 0.481 e. The SMILES string of the molecule is O=C(NCC1CCCCC1C(=O)O)Nc1ccccc1. The van der Waals surface area contributed by atoms with Gasteiger partial charge < -0.3 is 15.7 Å². The number of carboxylic acids is 1. The van der Waals surface area contributed by atoms with E-state index in [1.807, 2.05) is 18.2 Å². The summed E-state index contributed by atoms with van der Waals surface area (Å²) >= 11 is 0. The standard InChI is InChI=1S/C15H20N2O3/c18-14(19)13-9-5-4-6-11(13)10-16-15(20)17-12-7-2-1-3-8-12/h1-3,7-8,11,13H,4-6,9-10H2,(H,18,19)(H2,16,17,20). The molecule has 2 atom stereocenters. The highest BCUT2D eigenvalue weighted by molar-refractivity contribution is 5.89. The molecule has 2 rings (SSSR count). The average Bonchev–Trinajstić information content (AvgIpc) is 2.46. The van der Waals surface area contributed by atoms with Crippen LogP contribution in [0.2, 0.25) is 0 Å². The molecule has 0 bridgehead atoms. The third kappa shape index (κ3) is 3.98. The Bertz CT molecular complexity index is 461. The van der Waals surface area contributed by atoms with Crippen molar-refractivity contribution < 1.29 is 14.7 Å². The van der Waals surface area contributed by atoms with Gasteiger partial charge in [0.2, 0.25) is 0 Å². The highest BCUT2D eigenvalue weighted by atomic mass is 16.4. The first kappa shape index (κ1) is 14.4. The molecule has 1 aliphatic carbocycles. The van der Waals surface area contributed by atoms with Gasteiger partial charge in [0.15, 0.2) is 0 Å². The summed E-state index contributed by atoms with van der Waals surface area (Å²) in [5, 5.41) is 14.7. The molecule has 1 fully saturated rings. The Morgan fingerprint density at radius 3 is 2.55 bits per heavy atom. The molecule has 1 aliphatic rings. The second-order valence-electron chi connectivity index (χ2n) is 5.19. The van der Waals surface area contributed by atoms with Crippen LogP contribution in [-0.4, -0.2) is 23.7 Å². The quantitative estimate of drug-likeness (QED) is 0.791. The first-order valence-electron chi connectivity index (χ1n) is 6.99. The van der Waals surface area contributed by atoms with Crippen molar-refractivity contribution >= 4 is 17.7 Å². The Labute approximate surface area is 118 Å². The highest BCUT2D eigenvalue weighted by Gasteiger charge is 2.30. The Balaban J connectivity index is 1.81. The molecular formula is C15H20N2O3. The number of benzene rings is 1. The van der Waals surface area contributed by atoms with E-state index in [0.29, 0.717) is 13.0 Å². The van der Waals surface area contributed by atoms with Gasteiger partial charge in [-0.1, -0.05) is 31.0 Å². The number of urea groups is 1. The summed E-state index contributed by atoms with van der Waals surface area (Å²) in [7, 11) is 0. The number of aliphatic carboxylic acids is 1. The fourth-order valence-corrected chi connectivity index (χ4v) is 2.70. The fraction of sp³-hybridized carbons (Fsp3) is 0.467. The van der Waals surface area contributed by atoms with Crippen LogP contribution in [0.4, 0.5) is 10.5 Å². The molecule has 0 heterocycles. The van der Waals surface area contributed by atoms with Gasteiger partial charge in [0.25, 0.3) is 0 Å². The zero-order valence-corrected chi connectivity index (χ0v) is 11.3. The van der Waals surface area contributed by atoms with Crippen molar-refractivity contribution in [3.63, 3.8) is 0 Å². The van der Waals surface area contributed by atoms with Gasteiger partial charge >= 0.3 is 12.0 Å². The van der Waals surface area contributed by atoms with E-state index in [1.165, 1.54) is 0 Å². The number of hydrogen-bond acceptors (Lipinski definition) is 2. The molecule has 0 spiro atoms.